The summed E-state index contributed by atoms with van der Waals surface area (Å²) in [6, 6.07) is 5.58. The van der Waals surface area contributed by atoms with Crippen LogP contribution < -0.4 is 15.6 Å². The summed E-state index contributed by atoms with van der Waals surface area (Å²) in [5, 5.41) is 9.26. The number of aromatic amines is 1. The molecule has 0 bridgehead atoms. The smallest absolute Gasteiger partial charge is 0.248 e. The molecule has 0 radical (unpaired) electrons. The first kappa shape index (κ1) is 20.4. The molecule has 3 N–H and O–H groups in total. The lowest BCUT2D eigenvalue weighted by Crippen LogP contribution is -2.43. The standard InChI is InChI=1S/C16H18N6O3S3/c1-3-25-10-4-5-11-12(6-10)18-15(17-11)26-7-13(23)20-21-14(24)8-27-16-22-19-9(2)28-16/h4-6H,3,7-8H2,1-2H3,(H,17,18)(H,20,23)(H,21,24). The third kappa shape index (κ3) is 5.84. The Bertz CT molecular complexity index is 974. The van der Waals surface area contributed by atoms with Crippen LogP contribution in [0.1, 0.15) is 11.9 Å². The Morgan fingerprint density at radius 3 is 2.61 bits per heavy atom. The van der Waals surface area contributed by atoms with Crippen molar-refractivity contribution in [1.82, 2.24) is 31.0 Å². The fourth-order valence-electron chi connectivity index (χ4n) is 2.10. The van der Waals surface area contributed by atoms with Crippen LogP contribution in [0, 0.1) is 6.92 Å². The Morgan fingerprint density at radius 2 is 1.93 bits per heavy atom. The van der Waals surface area contributed by atoms with E-state index in [1.165, 1.54) is 34.9 Å². The number of benzene rings is 1. The van der Waals surface area contributed by atoms with Crippen molar-refractivity contribution in [3.8, 4) is 5.75 Å². The van der Waals surface area contributed by atoms with Crippen LogP contribution in [0.4, 0.5) is 0 Å². The van der Waals surface area contributed by atoms with E-state index in [0.29, 0.717) is 16.1 Å². The topological polar surface area (TPSA) is 122 Å². The zero-order valence-electron chi connectivity index (χ0n) is 15.1. The van der Waals surface area contributed by atoms with Gasteiger partial charge in [0.1, 0.15) is 10.8 Å². The molecule has 0 aliphatic heterocycles. The highest BCUT2D eigenvalue weighted by Gasteiger charge is 2.10. The lowest BCUT2D eigenvalue weighted by Gasteiger charge is -2.05. The van der Waals surface area contributed by atoms with Gasteiger partial charge in [0.05, 0.1) is 29.1 Å². The highest BCUT2D eigenvalue weighted by atomic mass is 32.2. The first-order chi connectivity index (χ1) is 13.5. The molecule has 0 aliphatic carbocycles. The fourth-order valence-corrected chi connectivity index (χ4v) is 4.40. The van der Waals surface area contributed by atoms with E-state index in [4.69, 9.17) is 4.74 Å². The number of fused-ring (bicyclic) bond motifs is 1. The van der Waals surface area contributed by atoms with Crippen LogP contribution in [0.2, 0.25) is 0 Å². The number of carbonyl (C=O) groups is 2. The van der Waals surface area contributed by atoms with Crippen molar-refractivity contribution in [2.24, 2.45) is 0 Å². The van der Waals surface area contributed by atoms with E-state index >= 15 is 0 Å². The van der Waals surface area contributed by atoms with Gasteiger partial charge in [0.2, 0.25) is 11.8 Å². The number of imidazole rings is 1. The minimum absolute atomic E-state index is 0.112. The van der Waals surface area contributed by atoms with Crippen LogP contribution in [0.15, 0.2) is 27.7 Å². The minimum Gasteiger partial charge on any atom is -0.494 e. The number of aromatic nitrogens is 4. The fraction of sp³-hybridized carbons (Fsp3) is 0.312. The van der Waals surface area contributed by atoms with Crippen LogP contribution in [0.25, 0.3) is 11.0 Å². The van der Waals surface area contributed by atoms with Crippen LogP contribution in [0.5, 0.6) is 5.75 Å². The Morgan fingerprint density at radius 1 is 1.18 bits per heavy atom. The van der Waals surface area contributed by atoms with Gasteiger partial charge >= 0.3 is 0 Å². The summed E-state index contributed by atoms with van der Waals surface area (Å²) >= 11 is 3.93. The molecule has 3 rings (SSSR count). The molecule has 0 aliphatic rings. The molecule has 0 atom stereocenters. The number of amides is 2. The van der Waals surface area contributed by atoms with Gasteiger partial charge in [0.25, 0.3) is 0 Å². The zero-order valence-corrected chi connectivity index (χ0v) is 17.6. The van der Waals surface area contributed by atoms with Gasteiger partial charge in [-0.2, -0.15) is 0 Å². The summed E-state index contributed by atoms with van der Waals surface area (Å²) in [6.45, 7) is 4.36. The maximum atomic E-state index is 11.9. The first-order valence-corrected chi connectivity index (χ1v) is 11.1. The molecule has 3 aromatic rings. The van der Waals surface area contributed by atoms with Crippen molar-refractivity contribution >= 4 is 57.7 Å². The van der Waals surface area contributed by atoms with Gasteiger partial charge < -0.3 is 9.72 Å². The highest BCUT2D eigenvalue weighted by molar-refractivity contribution is 8.01. The molecular weight excluding hydrogens is 420 g/mol. The Labute approximate surface area is 173 Å². The molecule has 0 saturated carbocycles. The van der Waals surface area contributed by atoms with E-state index in [1.807, 2.05) is 32.0 Å². The molecule has 1 aromatic carbocycles. The van der Waals surface area contributed by atoms with Gasteiger partial charge in [-0.3, -0.25) is 20.4 Å². The van der Waals surface area contributed by atoms with Crippen LogP contribution in [0.3, 0.4) is 0 Å². The maximum Gasteiger partial charge on any atom is 0.248 e. The summed E-state index contributed by atoms with van der Waals surface area (Å²) in [4.78, 5) is 31.3. The number of thioether (sulfide) groups is 2. The number of nitrogens with zero attached hydrogens (tertiary/aromatic N) is 3. The molecule has 0 unspecified atom stereocenters. The molecule has 9 nitrogen and oxygen atoms in total. The lowest BCUT2D eigenvalue weighted by atomic mass is 10.3. The third-order valence-corrected chi connectivity index (χ3v) is 6.10. The SMILES string of the molecule is CCOc1ccc2nc(SCC(=O)NNC(=O)CSc3nnc(C)s3)[nH]c2c1. The molecule has 12 heteroatoms. The average Bonchev–Trinajstić information content (AvgIpc) is 3.28. The van der Waals surface area contributed by atoms with Gasteiger partial charge in [-0.25, -0.2) is 4.98 Å². The predicted octanol–water partition coefficient (Wildman–Crippen LogP) is 2.15. The Hall–Kier alpha value is -2.31. The number of aryl methyl sites for hydroxylation is 1. The molecule has 2 heterocycles. The van der Waals surface area contributed by atoms with Crippen molar-refractivity contribution in [3.63, 3.8) is 0 Å². The highest BCUT2D eigenvalue weighted by Crippen LogP contribution is 2.23. The largest absolute Gasteiger partial charge is 0.494 e. The molecule has 148 valence electrons. The first-order valence-electron chi connectivity index (χ1n) is 8.29. The van der Waals surface area contributed by atoms with Gasteiger partial charge in [-0.15, -0.1) is 10.2 Å². The van der Waals surface area contributed by atoms with Crippen molar-refractivity contribution < 1.29 is 14.3 Å². The summed E-state index contributed by atoms with van der Waals surface area (Å²) in [5.41, 5.74) is 6.40. The zero-order chi connectivity index (χ0) is 19.9. The quantitative estimate of drug-likeness (QED) is 0.361. The molecular formula is C16H18N6O3S3. The van der Waals surface area contributed by atoms with Crippen molar-refractivity contribution in [2.45, 2.75) is 23.3 Å². The average molecular weight is 439 g/mol. The van der Waals surface area contributed by atoms with Gasteiger partial charge in [0, 0.05) is 6.07 Å². The maximum absolute atomic E-state index is 11.9. The van der Waals surface area contributed by atoms with Crippen LogP contribution in [-0.4, -0.2) is 50.1 Å². The van der Waals surface area contributed by atoms with Crippen LogP contribution in [-0.2, 0) is 9.59 Å². The van der Waals surface area contributed by atoms with E-state index in [0.717, 1.165) is 21.8 Å². The third-order valence-electron chi connectivity index (χ3n) is 3.26. The van der Waals surface area contributed by atoms with Gasteiger partial charge in [0.15, 0.2) is 9.50 Å². The van der Waals surface area contributed by atoms with Gasteiger partial charge in [-0.05, 0) is 26.0 Å². The summed E-state index contributed by atoms with van der Waals surface area (Å²) in [5.74, 6) is 0.376. The number of hydrazine groups is 1. The Kier molecular flexibility index (Phi) is 7.12. The van der Waals surface area contributed by atoms with E-state index in [1.54, 1.807) is 0 Å². The van der Waals surface area contributed by atoms with Gasteiger partial charge in [-0.1, -0.05) is 34.9 Å². The number of rotatable bonds is 8. The van der Waals surface area contributed by atoms with E-state index in [2.05, 4.69) is 31.0 Å². The molecule has 2 aromatic heterocycles. The second kappa shape index (κ2) is 9.75. The van der Waals surface area contributed by atoms with E-state index < -0.39 is 0 Å². The van der Waals surface area contributed by atoms with E-state index in [9.17, 15) is 9.59 Å². The van der Waals surface area contributed by atoms with Crippen LogP contribution >= 0.6 is 34.9 Å². The summed E-state index contributed by atoms with van der Waals surface area (Å²) in [7, 11) is 0. The number of ether oxygens (including phenoxy) is 1. The second-order valence-corrected chi connectivity index (χ2v) is 8.78. The monoisotopic (exact) mass is 438 g/mol. The molecule has 0 spiro atoms. The molecule has 0 fully saturated rings. The molecule has 2 amide bonds. The minimum atomic E-state index is -0.328. The number of nitrogens with one attached hydrogen (secondary N) is 3. The lowest BCUT2D eigenvalue weighted by molar-refractivity contribution is -0.126. The van der Waals surface area contributed by atoms with E-state index in [-0.39, 0.29) is 23.3 Å². The normalized spacial score (nSPS) is 10.8. The van der Waals surface area contributed by atoms with Crippen molar-refractivity contribution in [3.05, 3.63) is 23.2 Å². The van der Waals surface area contributed by atoms with Crippen molar-refractivity contribution in [2.75, 3.05) is 18.1 Å². The predicted molar refractivity (Wildman–Crippen MR) is 110 cm³/mol. The summed E-state index contributed by atoms with van der Waals surface area (Å²) in [6.07, 6.45) is 0. The molecule has 28 heavy (non-hydrogen) atoms. The number of H-pyrrole nitrogens is 1. The molecule has 0 saturated heterocycles. The second-order valence-electron chi connectivity index (χ2n) is 5.41. The number of hydrogen-bond donors (Lipinski definition) is 3. The summed E-state index contributed by atoms with van der Waals surface area (Å²) < 4.78 is 6.17. The Balaban J connectivity index is 1.41. The number of hydrogen-bond acceptors (Lipinski definition) is 9. The number of carbonyl (C=O) groups excluding carboxylic acids is 2. The van der Waals surface area contributed by atoms with Crippen molar-refractivity contribution in [1.29, 1.82) is 0 Å².